The van der Waals surface area contributed by atoms with Crippen molar-refractivity contribution in [2.75, 3.05) is 0 Å². The van der Waals surface area contributed by atoms with E-state index in [1.165, 1.54) is 11.3 Å². The van der Waals surface area contributed by atoms with Crippen molar-refractivity contribution in [3.8, 4) is 22.3 Å². The zero-order chi connectivity index (χ0) is 17.2. The van der Waals surface area contributed by atoms with Crippen LogP contribution in [0.4, 0.5) is 0 Å². The van der Waals surface area contributed by atoms with Crippen LogP contribution in [-0.2, 0) is 13.2 Å². The second-order valence-corrected chi connectivity index (χ2v) is 6.80. The Morgan fingerprint density at radius 1 is 1.20 bits per heavy atom. The molecule has 4 rings (SSSR count). The van der Waals surface area contributed by atoms with Crippen LogP contribution in [0.3, 0.4) is 0 Å². The molecular weight excluding hydrogens is 332 g/mol. The minimum absolute atomic E-state index is 0.112. The van der Waals surface area contributed by atoms with E-state index in [9.17, 15) is 4.79 Å². The van der Waals surface area contributed by atoms with Crippen molar-refractivity contribution in [1.29, 1.82) is 5.26 Å². The molecule has 1 N–H and O–H groups in total. The molecule has 2 heterocycles. The highest BCUT2D eigenvalue weighted by Gasteiger charge is 2.22. The number of nitrogens with zero attached hydrogens (tertiary/aromatic N) is 1. The van der Waals surface area contributed by atoms with Gasteiger partial charge in [-0.05, 0) is 35.9 Å². The van der Waals surface area contributed by atoms with Crippen molar-refractivity contribution >= 4 is 17.2 Å². The molecule has 5 heteroatoms. The van der Waals surface area contributed by atoms with Gasteiger partial charge in [-0.1, -0.05) is 24.3 Å². The van der Waals surface area contributed by atoms with Crippen LogP contribution in [-0.4, -0.2) is 5.91 Å². The Balaban J connectivity index is 1.53. The second-order valence-electron chi connectivity index (χ2n) is 5.74. The summed E-state index contributed by atoms with van der Waals surface area (Å²) >= 11 is 1.48. The molecule has 1 aliphatic rings. The Bertz CT molecular complexity index is 1000. The highest BCUT2D eigenvalue weighted by molar-refractivity contribution is 7.17. The average Bonchev–Trinajstić information content (AvgIpc) is 3.11. The third-order valence-electron chi connectivity index (χ3n) is 4.06. The highest BCUT2D eigenvalue weighted by Crippen LogP contribution is 2.42. The molecule has 1 aliphatic heterocycles. The first-order valence-electron chi connectivity index (χ1n) is 7.87. The third kappa shape index (κ3) is 3.00. The SMILES string of the molecule is N#Cc1cccc(CNC(=O)c2cc3c(s2)-c2ccccc2OC3)c1. The lowest BCUT2D eigenvalue weighted by Gasteiger charge is -2.16. The topological polar surface area (TPSA) is 62.1 Å². The van der Waals surface area contributed by atoms with E-state index in [1.807, 2.05) is 42.5 Å². The van der Waals surface area contributed by atoms with Crippen molar-refractivity contribution in [3.05, 3.63) is 76.2 Å². The van der Waals surface area contributed by atoms with Crippen LogP contribution in [0, 0.1) is 11.3 Å². The first-order valence-corrected chi connectivity index (χ1v) is 8.68. The van der Waals surface area contributed by atoms with E-state index in [-0.39, 0.29) is 5.91 Å². The van der Waals surface area contributed by atoms with Gasteiger partial charge in [-0.15, -0.1) is 11.3 Å². The number of nitrogens with one attached hydrogen (secondary N) is 1. The zero-order valence-electron chi connectivity index (χ0n) is 13.3. The Morgan fingerprint density at radius 2 is 2.08 bits per heavy atom. The normalized spacial score (nSPS) is 11.6. The summed E-state index contributed by atoms with van der Waals surface area (Å²) < 4.78 is 5.74. The molecule has 1 amide bonds. The zero-order valence-corrected chi connectivity index (χ0v) is 14.1. The fraction of sp³-hybridized carbons (Fsp3) is 0.100. The summed E-state index contributed by atoms with van der Waals surface area (Å²) in [4.78, 5) is 14.3. The van der Waals surface area contributed by atoms with Gasteiger partial charge in [0.15, 0.2) is 0 Å². The maximum absolute atomic E-state index is 12.5. The molecule has 0 saturated heterocycles. The molecule has 0 fully saturated rings. The van der Waals surface area contributed by atoms with E-state index in [0.29, 0.717) is 23.6 Å². The van der Waals surface area contributed by atoms with Gasteiger partial charge >= 0.3 is 0 Å². The third-order valence-corrected chi connectivity index (χ3v) is 5.27. The van der Waals surface area contributed by atoms with Crippen LogP contribution in [0.25, 0.3) is 10.4 Å². The number of hydrogen-bond donors (Lipinski definition) is 1. The lowest BCUT2D eigenvalue weighted by Crippen LogP contribution is -2.21. The summed E-state index contributed by atoms with van der Waals surface area (Å²) in [5.41, 5.74) is 3.57. The van der Waals surface area contributed by atoms with Crippen molar-refractivity contribution in [3.63, 3.8) is 0 Å². The van der Waals surface area contributed by atoms with Crippen LogP contribution in [0.2, 0.25) is 0 Å². The van der Waals surface area contributed by atoms with E-state index in [2.05, 4.69) is 11.4 Å². The number of amides is 1. The molecule has 0 bridgehead atoms. The molecule has 2 aromatic carbocycles. The standard InChI is InChI=1S/C20H14N2O2S/c21-10-13-4-3-5-14(8-13)11-22-20(23)18-9-15-12-24-17-7-2-1-6-16(17)19(15)25-18/h1-9H,11-12H2,(H,22,23). The molecule has 0 saturated carbocycles. The van der Waals surface area contributed by atoms with Crippen LogP contribution in [0.5, 0.6) is 5.75 Å². The molecule has 0 unspecified atom stereocenters. The van der Waals surface area contributed by atoms with Crippen LogP contribution in [0.1, 0.15) is 26.4 Å². The Morgan fingerprint density at radius 3 is 2.96 bits per heavy atom. The molecule has 4 nitrogen and oxygen atoms in total. The molecule has 0 aliphatic carbocycles. The van der Waals surface area contributed by atoms with E-state index in [4.69, 9.17) is 10.00 Å². The van der Waals surface area contributed by atoms with Gasteiger partial charge in [0.1, 0.15) is 12.4 Å². The number of fused-ring (bicyclic) bond motifs is 3. The van der Waals surface area contributed by atoms with E-state index >= 15 is 0 Å². The molecule has 0 spiro atoms. The van der Waals surface area contributed by atoms with Gasteiger partial charge in [-0.3, -0.25) is 4.79 Å². The minimum Gasteiger partial charge on any atom is -0.488 e. The predicted octanol–water partition coefficient (Wildman–Crippen LogP) is 4.11. The quantitative estimate of drug-likeness (QED) is 0.776. The van der Waals surface area contributed by atoms with Gasteiger partial charge in [0.25, 0.3) is 5.91 Å². The lowest BCUT2D eigenvalue weighted by atomic mass is 10.1. The van der Waals surface area contributed by atoms with Crippen molar-refractivity contribution in [1.82, 2.24) is 5.32 Å². The molecule has 0 radical (unpaired) electrons. The number of benzene rings is 2. The van der Waals surface area contributed by atoms with Gasteiger partial charge in [0.05, 0.1) is 16.5 Å². The smallest absolute Gasteiger partial charge is 0.261 e. The number of ether oxygens (including phenoxy) is 1. The van der Waals surface area contributed by atoms with E-state index in [1.54, 1.807) is 12.1 Å². The highest BCUT2D eigenvalue weighted by atomic mass is 32.1. The molecular formula is C20H14N2O2S. The number of hydrogen-bond acceptors (Lipinski definition) is 4. The summed E-state index contributed by atoms with van der Waals surface area (Å²) in [5.74, 6) is 0.747. The fourth-order valence-electron chi connectivity index (χ4n) is 2.83. The number of rotatable bonds is 3. The average molecular weight is 346 g/mol. The molecule has 122 valence electrons. The number of nitriles is 1. The Hall–Kier alpha value is -3.10. The van der Waals surface area contributed by atoms with Gasteiger partial charge < -0.3 is 10.1 Å². The summed E-state index contributed by atoms with van der Waals surface area (Å²) in [7, 11) is 0. The number of carbonyl (C=O) groups is 1. The largest absolute Gasteiger partial charge is 0.488 e. The fourth-order valence-corrected chi connectivity index (χ4v) is 3.95. The maximum atomic E-state index is 12.5. The Kier molecular flexibility index (Phi) is 3.96. The number of para-hydroxylation sites is 1. The summed E-state index contributed by atoms with van der Waals surface area (Å²) in [5, 5.41) is 11.9. The van der Waals surface area contributed by atoms with Gasteiger partial charge in [0.2, 0.25) is 0 Å². The molecule has 25 heavy (non-hydrogen) atoms. The number of carbonyl (C=O) groups excluding carboxylic acids is 1. The molecule has 1 aromatic heterocycles. The summed E-state index contributed by atoms with van der Waals surface area (Å²) in [6.07, 6.45) is 0. The lowest BCUT2D eigenvalue weighted by molar-refractivity contribution is 0.0955. The van der Waals surface area contributed by atoms with Crippen LogP contribution >= 0.6 is 11.3 Å². The molecule has 3 aromatic rings. The van der Waals surface area contributed by atoms with E-state index in [0.717, 1.165) is 27.3 Å². The second kappa shape index (κ2) is 6.42. The first kappa shape index (κ1) is 15.4. The van der Waals surface area contributed by atoms with Crippen LogP contribution < -0.4 is 10.1 Å². The van der Waals surface area contributed by atoms with Crippen molar-refractivity contribution < 1.29 is 9.53 Å². The minimum atomic E-state index is -0.112. The monoisotopic (exact) mass is 346 g/mol. The van der Waals surface area contributed by atoms with Crippen molar-refractivity contribution in [2.24, 2.45) is 0 Å². The van der Waals surface area contributed by atoms with Gasteiger partial charge in [0, 0.05) is 22.5 Å². The van der Waals surface area contributed by atoms with Crippen molar-refractivity contribution in [2.45, 2.75) is 13.2 Å². The summed E-state index contributed by atoms with van der Waals surface area (Å²) in [6.45, 7) is 0.879. The first-order chi connectivity index (χ1) is 12.2. The van der Waals surface area contributed by atoms with Gasteiger partial charge in [-0.25, -0.2) is 0 Å². The van der Waals surface area contributed by atoms with Crippen LogP contribution in [0.15, 0.2) is 54.6 Å². The molecule has 0 atom stereocenters. The maximum Gasteiger partial charge on any atom is 0.261 e. The number of thiophene rings is 1. The van der Waals surface area contributed by atoms with E-state index < -0.39 is 0 Å². The Labute approximate surface area is 149 Å². The van der Waals surface area contributed by atoms with Gasteiger partial charge in [-0.2, -0.15) is 5.26 Å². The summed E-state index contributed by atoms with van der Waals surface area (Å²) in [6, 6.07) is 19.1. The predicted molar refractivity (Wildman–Crippen MR) is 96.4 cm³/mol.